The first kappa shape index (κ1) is 22.6. The number of carbonyl (C=O) groups is 1. The number of hydrogen-bond donors (Lipinski definition) is 1. The summed E-state index contributed by atoms with van der Waals surface area (Å²) in [5, 5.41) is 1.80. The van der Waals surface area contributed by atoms with Crippen molar-refractivity contribution in [1.82, 2.24) is 0 Å². The fourth-order valence-corrected chi connectivity index (χ4v) is 3.73. The van der Waals surface area contributed by atoms with E-state index < -0.39 is 39.9 Å². The van der Waals surface area contributed by atoms with E-state index in [9.17, 15) is 26.4 Å². The number of amides is 1. The maximum absolute atomic E-state index is 13.1. The van der Waals surface area contributed by atoms with E-state index in [2.05, 4.69) is 5.32 Å². The molecule has 0 spiro atoms. The largest absolute Gasteiger partial charge is 0.418 e. The summed E-state index contributed by atoms with van der Waals surface area (Å²) in [7, 11) is -4.00. The van der Waals surface area contributed by atoms with E-state index >= 15 is 0 Å². The second-order valence-corrected chi connectivity index (χ2v) is 8.71. The molecule has 2 aromatic carbocycles. The lowest BCUT2D eigenvalue weighted by Gasteiger charge is -2.23. The van der Waals surface area contributed by atoms with Crippen LogP contribution in [0.1, 0.15) is 5.56 Å². The van der Waals surface area contributed by atoms with Crippen molar-refractivity contribution >= 4 is 62.1 Å². The van der Waals surface area contributed by atoms with Gasteiger partial charge in [-0.1, -0.05) is 40.9 Å². The molecule has 1 amide bonds. The van der Waals surface area contributed by atoms with Crippen molar-refractivity contribution in [3.05, 3.63) is 57.0 Å². The average molecular weight is 476 g/mol. The van der Waals surface area contributed by atoms with Crippen molar-refractivity contribution in [2.45, 2.75) is 6.18 Å². The summed E-state index contributed by atoms with van der Waals surface area (Å²) in [4.78, 5) is 12.3. The van der Waals surface area contributed by atoms with E-state index in [0.29, 0.717) is 10.4 Å². The maximum atomic E-state index is 13.1. The van der Waals surface area contributed by atoms with Gasteiger partial charge in [0.1, 0.15) is 6.54 Å². The zero-order valence-corrected chi connectivity index (χ0v) is 17.1. The Bertz CT molecular complexity index is 1010. The molecule has 12 heteroatoms. The summed E-state index contributed by atoms with van der Waals surface area (Å²) in [5.41, 5.74) is -1.81. The number of alkyl halides is 3. The Kier molecular flexibility index (Phi) is 6.75. The van der Waals surface area contributed by atoms with Crippen molar-refractivity contribution in [3.63, 3.8) is 0 Å². The zero-order valence-electron chi connectivity index (χ0n) is 14.0. The van der Waals surface area contributed by atoms with Crippen LogP contribution in [0.4, 0.5) is 24.5 Å². The van der Waals surface area contributed by atoms with Gasteiger partial charge in [-0.3, -0.25) is 9.10 Å². The standard InChI is InChI=1S/C16H12Cl3F3N2O3S/c1-28(26,27)24(13-4-2-3-11(18)15(13)19)8-14(25)23-12-6-5-9(17)7-10(12)16(20,21)22/h2-7H,8H2,1H3,(H,23,25). The molecule has 0 atom stereocenters. The minimum Gasteiger partial charge on any atom is -0.324 e. The van der Waals surface area contributed by atoms with Crippen LogP contribution in [0.15, 0.2) is 36.4 Å². The SMILES string of the molecule is CS(=O)(=O)N(CC(=O)Nc1ccc(Cl)cc1C(F)(F)F)c1cccc(Cl)c1Cl. The molecule has 2 rings (SSSR count). The quantitative estimate of drug-likeness (QED) is 0.656. The van der Waals surface area contributed by atoms with E-state index in [1.165, 1.54) is 18.2 Å². The second-order valence-electron chi connectivity index (χ2n) is 5.58. The van der Waals surface area contributed by atoms with Gasteiger partial charge in [-0.2, -0.15) is 13.2 Å². The molecule has 2 aromatic rings. The summed E-state index contributed by atoms with van der Waals surface area (Å²) in [6.45, 7) is -0.821. The van der Waals surface area contributed by atoms with Crippen LogP contribution < -0.4 is 9.62 Å². The topological polar surface area (TPSA) is 66.5 Å². The van der Waals surface area contributed by atoms with Gasteiger partial charge in [-0.05, 0) is 30.3 Å². The summed E-state index contributed by atoms with van der Waals surface area (Å²) < 4.78 is 64.3. The molecular formula is C16H12Cl3F3N2O3S. The third-order valence-corrected chi connectivity index (χ3v) is 5.62. The lowest BCUT2D eigenvalue weighted by atomic mass is 10.1. The number of sulfonamides is 1. The van der Waals surface area contributed by atoms with Crippen molar-refractivity contribution < 1.29 is 26.4 Å². The predicted octanol–water partition coefficient (Wildman–Crippen LogP) is 5.07. The van der Waals surface area contributed by atoms with Crippen LogP contribution >= 0.6 is 34.8 Å². The first-order valence-corrected chi connectivity index (χ1v) is 10.4. The van der Waals surface area contributed by atoms with Gasteiger partial charge in [0, 0.05) is 5.02 Å². The normalized spacial score (nSPS) is 12.0. The number of halogens is 6. The van der Waals surface area contributed by atoms with Crippen LogP contribution in [0.5, 0.6) is 0 Å². The van der Waals surface area contributed by atoms with Gasteiger partial charge in [0.2, 0.25) is 15.9 Å². The predicted molar refractivity (Wildman–Crippen MR) is 104 cm³/mol. The first-order chi connectivity index (χ1) is 12.8. The van der Waals surface area contributed by atoms with Crippen LogP contribution in [-0.2, 0) is 21.0 Å². The van der Waals surface area contributed by atoms with E-state index in [-0.39, 0.29) is 20.8 Å². The highest BCUT2D eigenvalue weighted by Crippen LogP contribution is 2.37. The first-order valence-electron chi connectivity index (χ1n) is 7.39. The highest BCUT2D eigenvalue weighted by Gasteiger charge is 2.34. The summed E-state index contributed by atoms with van der Waals surface area (Å²) in [5.74, 6) is -1.02. The van der Waals surface area contributed by atoms with E-state index in [1.54, 1.807) is 0 Å². The monoisotopic (exact) mass is 474 g/mol. The molecule has 0 radical (unpaired) electrons. The van der Waals surface area contributed by atoms with Crippen LogP contribution in [0.3, 0.4) is 0 Å². The zero-order chi connectivity index (χ0) is 21.3. The Labute approximate surface area is 174 Å². The summed E-state index contributed by atoms with van der Waals surface area (Å²) in [6, 6.07) is 6.93. The number of carbonyl (C=O) groups excluding carboxylic acids is 1. The van der Waals surface area contributed by atoms with Crippen LogP contribution in [0.25, 0.3) is 0 Å². The number of nitrogens with zero attached hydrogens (tertiary/aromatic N) is 1. The van der Waals surface area contributed by atoms with Crippen molar-refractivity contribution in [2.24, 2.45) is 0 Å². The van der Waals surface area contributed by atoms with Gasteiger partial charge in [-0.25, -0.2) is 8.42 Å². The molecule has 5 nitrogen and oxygen atoms in total. The maximum Gasteiger partial charge on any atom is 0.418 e. The summed E-state index contributed by atoms with van der Waals surface area (Å²) in [6.07, 6.45) is -3.96. The average Bonchev–Trinajstić information content (AvgIpc) is 2.55. The van der Waals surface area contributed by atoms with Crippen LogP contribution in [0.2, 0.25) is 15.1 Å². The van der Waals surface area contributed by atoms with Gasteiger partial charge >= 0.3 is 6.18 Å². The Balaban J connectivity index is 2.36. The molecule has 0 saturated carbocycles. The highest BCUT2D eigenvalue weighted by atomic mass is 35.5. The number of hydrogen-bond acceptors (Lipinski definition) is 3. The fourth-order valence-electron chi connectivity index (χ4n) is 2.25. The summed E-state index contributed by atoms with van der Waals surface area (Å²) >= 11 is 17.5. The number of anilines is 2. The lowest BCUT2D eigenvalue weighted by molar-refractivity contribution is -0.137. The van der Waals surface area contributed by atoms with Crippen LogP contribution in [0, 0.1) is 0 Å². The molecule has 1 N–H and O–H groups in total. The molecule has 0 bridgehead atoms. The van der Waals surface area contributed by atoms with E-state index in [1.807, 2.05) is 0 Å². The van der Waals surface area contributed by atoms with Crippen molar-refractivity contribution in [2.75, 3.05) is 22.4 Å². The molecule has 28 heavy (non-hydrogen) atoms. The molecule has 0 saturated heterocycles. The van der Waals surface area contributed by atoms with Crippen molar-refractivity contribution in [3.8, 4) is 0 Å². The third kappa shape index (κ3) is 5.44. The Morgan fingerprint density at radius 2 is 1.79 bits per heavy atom. The second kappa shape index (κ2) is 8.36. The fraction of sp³-hybridized carbons (Fsp3) is 0.188. The molecule has 0 aliphatic carbocycles. The van der Waals surface area contributed by atoms with Gasteiger partial charge < -0.3 is 5.32 Å². The van der Waals surface area contributed by atoms with E-state index in [0.717, 1.165) is 18.4 Å². The molecule has 0 heterocycles. The Hall–Kier alpha value is -1.68. The Morgan fingerprint density at radius 3 is 2.36 bits per heavy atom. The lowest BCUT2D eigenvalue weighted by Crippen LogP contribution is -2.37. The van der Waals surface area contributed by atoms with Gasteiger partial charge in [-0.15, -0.1) is 0 Å². The van der Waals surface area contributed by atoms with Gasteiger partial charge in [0.25, 0.3) is 0 Å². The smallest absolute Gasteiger partial charge is 0.324 e. The van der Waals surface area contributed by atoms with Crippen molar-refractivity contribution in [1.29, 1.82) is 0 Å². The molecule has 0 unspecified atom stereocenters. The Morgan fingerprint density at radius 1 is 1.14 bits per heavy atom. The van der Waals surface area contributed by atoms with E-state index in [4.69, 9.17) is 34.8 Å². The number of benzene rings is 2. The molecule has 0 aliphatic rings. The number of nitrogens with one attached hydrogen (secondary N) is 1. The molecule has 0 aromatic heterocycles. The molecule has 0 aliphatic heterocycles. The number of rotatable bonds is 5. The molecule has 152 valence electrons. The van der Waals surface area contributed by atoms with Gasteiger partial charge in [0.15, 0.2) is 0 Å². The highest BCUT2D eigenvalue weighted by molar-refractivity contribution is 7.92. The molecular weight excluding hydrogens is 464 g/mol. The molecule has 0 fully saturated rings. The third-order valence-electron chi connectivity index (χ3n) is 3.45. The van der Waals surface area contributed by atoms with Gasteiger partial charge in [0.05, 0.1) is 33.2 Å². The minimum atomic E-state index is -4.78. The van der Waals surface area contributed by atoms with Crippen LogP contribution in [-0.4, -0.2) is 27.1 Å². The minimum absolute atomic E-state index is 0.0466.